The Bertz CT molecular complexity index is 1380. The maximum absolute atomic E-state index is 13.0. The summed E-state index contributed by atoms with van der Waals surface area (Å²) in [7, 11) is 1.55. The molecule has 1 aliphatic rings. The van der Waals surface area contributed by atoms with Crippen LogP contribution in [0.15, 0.2) is 30.7 Å². The molecule has 0 atom stereocenters. The Labute approximate surface area is 201 Å². The molecule has 0 aromatic carbocycles. The number of fused-ring (bicyclic) bond motifs is 1. The standard InChI is InChI=1S/C24H27F3N8/c1-14(2)34-23(15(3)10-29-34)35-19-12-33(9-8-18(19)16(4)31-35)21-7-6-17(11-28-21)22-30-20(13-32(22)5)24(25,26)27/h6-7,10-11,13-14H,8-9,12H2,1-5H3. The molecule has 35 heavy (non-hydrogen) atoms. The highest BCUT2D eigenvalue weighted by molar-refractivity contribution is 5.58. The van der Waals surface area contributed by atoms with Crippen molar-refractivity contribution in [3.63, 3.8) is 0 Å². The Hall–Kier alpha value is -3.63. The summed E-state index contributed by atoms with van der Waals surface area (Å²) in [4.78, 5) is 10.5. The van der Waals surface area contributed by atoms with Crippen LogP contribution >= 0.6 is 0 Å². The molecule has 0 fully saturated rings. The zero-order valence-electron chi connectivity index (χ0n) is 20.3. The molecule has 0 radical (unpaired) electrons. The second-order valence-electron chi connectivity index (χ2n) is 9.25. The van der Waals surface area contributed by atoms with Gasteiger partial charge >= 0.3 is 6.18 Å². The first-order chi connectivity index (χ1) is 16.5. The zero-order valence-corrected chi connectivity index (χ0v) is 20.3. The normalized spacial score (nSPS) is 14.1. The van der Waals surface area contributed by atoms with Crippen LogP contribution in [0.5, 0.6) is 0 Å². The maximum Gasteiger partial charge on any atom is 0.434 e. The largest absolute Gasteiger partial charge is 0.434 e. The Morgan fingerprint density at radius 1 is 1.09 bits per heavy atom. The predicted octanol–water partition coefficient (Wildman–Crippen LogP) is 4.64. The minimum absolute atomic E-state index is 0.191. The van der Waals surface area contributed by atoms with E-state index >= 15 is 0 Å². The Morgan fingerprint density at radius 3 is 2.49 bits per heavy atom. The summed E-state index contributed by atoms with van der Waals surface area (Å²) in [5, 5.41) is 9.40. The van der Waals surface area contributed by atoms with Crippen LogP contribution in [0.4, 0.5) is 19.0 Å². The molecule has 0 N–H and O–H groups in total. The second kappa shape index (κ2) is 8.24. The summed E-state index contributed by atoms with van der Waals surface area (Å²) >= 11 is 0. The molecular weight excluding hydrogens is 457 g/mol. The lowest BCUT2D eigenvalue weighted by atomic mass is 10.0. The maximum atomic E-state index is 13.0. The molecule has 0 saturated heterocycles. The third kappa shape index (κ3) is 3.98. The van der Waals surface area contributed by atoms with Crippen LogP contribution in [0.25, 0.3) is 17.2 Å². The number of aryl methyl sites for hydroxylation is 3. The van der Waals surface area contributed by atoms with Gasteiger partial charge in [-0.3, -0.25) is 0 Å². The van der Waals surface area contributed by atoms with Gasteiger partial charge in [-0.2, -0.15) is 23.4 Å². The summed E-state index contributed by atoms with van der Waals surface area (Å²) < 4.78 is 44.5. The quantitative estimate of drug-likeness (QED) is 0.422. The van der Waals surface area contributed by atoms with E-state index in [1.807, 2.05) is 35.5 Å². The third-order valence-electron chi connectivity index (χ3n) is 6.40. The SMILES string of the molecule is Cc1cnn(C(C)C)c1-n1nc(C)c2c1CN(c1ccc(-c3nc(C(F)(F)F)cn3C)cn1)CC2. The Kier molecular flexibility index (Phi) is 5.45. The number of rotatable bonds is 4. The average Bonchev–Trinajstić information content (AvgIpc) is 3.48. The van der Waals surface area contributed by atoms with Crippen molar-refractivity contribution >= 4 is 5.82 Å². The van der Waals surface area contributed by atoms with Crippen molar-refractivity contribution in [2.24, 2.45) is 7.05 Å². The van der Waals surface area contributed by atoms with Gasteiger partial charge in [-0.15, -0.1) is 0 Å². The average molecular weight is 485 g/mol. The van der Waals surface area contributed by atoms with Gasteiger partial charge in [0.15, 0.2) is 11.5 Å². The van der Waals surface area contributed by atoms with Crippen LogP contribution in [0.2, 0.25) is 0 Å². The van der Waals surface area contributed by atoms with Crippen molar-refractivity contribution in [1.82, 2.24) is 34.1 Å². The molecule has 0 saturated carbocycles. The van der Waals surface area contributed by atoms with Crippen molar-refractivity contribution in [1.29, 1.82) is 0 Å². The lowest BCUT2D eigenvalue weighted by Gasteiger charge is -2.29. The van der Waals surface area contributed by atoms with E-state index in [4.69, 9.17) is 5.10 Å². The predicted molar refractivity (Wildman–Crippen MR) is 125 cm³/mol. The van der Waals surface area contributed by atoms with Gasteiger partial charge < -0.3 is 9.47 Å². The number of halogens is 3. The van der Waals surface area contributed by atoms with Gasteiger partial charge in [0.25, 0.3) is 0 Å². The molecular formula is C24H27F3N8. The summed E-state index contributed by atoms with van der Waals surface area (Å²) in [5.74, 6) is 1.94. The van der Waals surface area contributed by atoms with E-state index in [-0.39, 0.29) is 11.9 Å². The second-order valence-corrected chi connectivity index (χ2v) is 9.25. The minimum atomic E-state index is -4.49. The molecule has 0 spiro atoms. The van der Waals surface area contributed by atoms with Crippen LogP contribution in [0, 0.1) is 13.8 Å². The number of alkyl halides is 3. The molecule has 5 rings (SSSR count). The van der Waals surface area contributed by atoms with Gasteiger partial charge in [0.2, 0.25) is 0 Å². The van der Waals surface area contributed by atoms with Gasteiger partial charge in [-0.25, -0.2) is 19.3 Å². The molecule has 4 aromatic heterocycles. The highest BCUT2D eigenvalue weighted by atomic mass is 19.4. The number of aromatic nitrogens is 7. The van der Waals surface area contributed by atoms with E-state index in [0.717, 1.165) is 47.7 Å². The lowest BCUT2D eigenvalue weighted by Crippen LogP contribution is -2.32. The smallest absolute Gasteiger partial charge is 0.350 e. The first kappa shape index (κ1) is 23.1. The van der Waals surface area contributed by atoms with Gasteiger partial charge in [0.1, 0.15) is 11.6 Å². The molecule has 8 nitrogen and oxygen atoms in total. The van der Waals surface area contributed by atoms with Gasteiger partial charge in [0.05, 0.1) is 24.1 Å². The van der Waals surface area contributed by atoms with Crippen LogP contribution in [-0.4, -0.2) is 40.6 Å². The Balaban J connectivity index is 1.45. The highest BCUT2D eigenvalue weighted by Crippen LogP contribution is 2.32. The number of nitrogens with zero attached hydrogens (tertiary/aromatic N) is 8. The van der Waals surface area contributed by atoms with Gasteiger partial charge in [-0.05, 0) is 46.2 Å². The topological polar surface area (TPSA) is 69.6 Å². The molecule has 11 heteroatoms. The van der Waals surface area contributed by atoms with Crippen LogP contribution in [0.3, 0.4) is 0 Å². The number of pyridine rings is 1. The summed E-state index contributed by atoms with van der Waals surface area (Å²) in [5.41, 5.74) is 4.01. The molecule has 4 aromatic rings. The van der Waals surface area contributed by atoms with Crippen molar-refractivity contribution in [3.8, 4) is 17.2 Å². The minimum Gasteiger partial charge on any atom is -0.350 e. The molecule has 184 valence electrons. The molecule has 0 aliphatic carbocycles. The van der Waals surface area contributed by atoms with Crippen molar-refractivity contribution in [2.75, 3.05) is 11.4 Å². The molecule has 1 aliphatic heterocycles. The van der Waals surface area contributed by atoms with Crippen molar-refractivity contribution in [2.45, 2.75) is 52.9 Å². The number of anilines is 1. The number of imidazole rings is 1. The fourth-order valence-electron chi connectivity index (χ4n) is 4.63. The van der Waals surface area contributed by atoms with Gasteiger partial charge in [0, 0.05) is 48.7 Å². The monoisotopic (exact) mass is 484 g/mol. The number of hydrogen-bond acceptors (Lipinski definition) is 5. The first-order valence-corrected chi connectivity index (χ1v) is 11.5. The van der Waals surface area contributed by atoms with Crippen LogP contribution < -0.4 is 4.90 Å². The van der Waals surface area contributed by atoms with E-state index in [1.165, 1.54) is 10.1 Å². The Morgan fingerprint density at radius 2 is 1.86 bits per heavy atom. The lowest BCUT2D eigenvalue weighted by molar-refractivity contribution is -0.140. The fraction of sp³-hybridized carbons (Fsp3) is 0.417. The van der Waals surface area contributed by atoms with Gasteiger partial charge in [-0.1, -0.05) is 0 Å². The molecule has 0 bridgehead atoms. The number of hydrogen-bond donors (Lipinski definition) is 0. The highest BCUT2D eigenvalue weighted by Gasteiger charge is 2.34. The van der Waals surface area contributed by atoms with Crippen LogP contribution in [-0.2, 0) is 26.2 Å². The van der Waals surface area contributed by atoms with E-state index in [0.29, 0.717) is 12.1 Å². The van der Waals surface area contributed by atoms with Crippen molar-refractivity contribution in [3.05, 3.63) is 58.9 Å². The summed E-state index contributed by atoms with van der Waals surface area (Å²) in [6.45, 7) is 9.64. The first-order valence-electron chi connectivity index (χ1n) is 11.5. The van der Waals surface area contributed by atoms with Crippen LogP contribution in [0.1, 0.15) is 48.1 Å². The van der Waals surface area contributed by atoms with E-state index in [1.54, 1.807) is 19.3 Å². The summed E-state index contributed by atoms with van der Waals surface area (Å²) in [6, 6.07) is 3.79. The fourth-order valence-corrected chi connectivity index (χ4v) is 4.63. The van der Waals surface area contributed by atoms with E-state index < -0.39 is 11.9 Å². The molecule has 5 heterocycles. The summed E-state index contributed by atoms with van der Waals surface area (Å²) in [6.07, 6.45) is 0.769. The molecule has 0 unspecified atom stereocenters. The zero-order chi connectivity index (χ0) is 25.1. The third-order valence-corrected chi connectivity index (χ3v) is 6.40. The van der Waals surface area contributed by atoms with E-state index in [2.05, 4.69) is 33.8 Å². The van der Waals surface area contributed by atoms with Crippen molar-refractivity contribution < 1.29 is 13.2 Å². The van der Waals surface area contributed by atoms with E-state index in [9.17, 15) is 13.2 Å². The molecule has 0 amide bonds.